The Balaban J connectivity index is 1.96. The fourth-order valence-corrected chi connectivity index (χ4v) is 5.40. The molecule has 2 bridgehead atoms. The van der Waals surface area contributed by atoms with Gasteiger partial charge in [-0.3, -0.25) is 5.10 Å². The van der Waals surface area contributed by atoms with Crippen molar-refractivity contribution in [3.05, 3.63) is 11.4 Å². The number of aromatic nitrogens is 2. The SMILES string of the molecule is Cc1n[nH]c(C)c1S(=O)(=O)N1C[C@H]2CC[C@@H](C1)N(C)C2. The second kappa shape index (κ2) is 4.82. The summed E-state index contributed by atoms with van der Waals surface area (Å²) in [5.41, 5.74) is 1.19. The minimum atomic E-state index is -3.44. The van der Waals surface area contributed by atoms with Crippen LogP contribution in [0.4, 0.5) is 0 Å². The third kappa shape index (κ3) is 2.17. The molecule has 0 unspecified atom stereocenters. The summed E-state index contributed by atoms with van der Waals surface area (Å²) < 4.78 is 27.5. The van der Waals surface area contributed by atoms with Crippen LogP contribution in [0.15, 0.2) is 4.90 Å². The van der Waals surface area contributed by atoms with Crippen molar-refractivity contribution in [3.8, 4) is 0 Å². The van der Waals surface area contributed by atoms with Crippen LogP contribution >= 0.6 is 0 Å². The third-order valence-electron chi connectivity index (χ3n) is 4.61. The van der Waals surface area contributed by atoms with Crippen LogP contribution in [0.2, 0.25) is 0 Å². The van der Waals surface area contributed by atoms with Gasteiger partial charge in [0, 0.05) is 25.7 Å². The van der Waals surface area contributed by atoms with E-state index in [0.29, 0.717) is 41.3 Å². The Hall–Kier alpha value is -0.920. The fourth-order valence-electron chi connectivity index (χ4n) is 3.52. The van der Waals surface area contributed by atoms with Crippen molar-refractivity contribution >= 4 is 10.0 Å². The first-order chi connectivity index (χ1) is 9.39. The molecule has 0 aromatic carbocycles. The van der Waals surface area contributed by atoms with Crippen molar-refractivity contribution in [1.29, 1.82) is 0 Å². The molecule has 0 spiro atoms. The highest BCUT2D eigenvalue weighted by Gasteiger charge is 2.39. The van der Waals surface area contributed by atoms with Crippen molar-refractivity contribution in [2.24, 2.45) is 5.92 Å². The Morgan fingerprint density at radius 1 is 1.20 bits per heavy atom. The van der Waals surface area contributed by atoms with Gasteiger partial charge in [-0.1, -0.05) is 0 Å². The first-order valence-electron chi connectivity index (χ1n) is 7.11. The summed E-state index contributed by atoms with van der Waals surface area (Å²) >= 11 is 0. The molecule has 0 aliphatic carbocycles. The topological polar surface area (TPSA) is 69.3 Å². The first-order valence-corrected chi connectivity index (χ1v) is 8.55. The average molecular weight is 298 g/mol. The number of hydrogen-bond donors (Lipinski definition) is 1. The van der Waals surface area contributed by atoms with E-state index in [1.165, 1.54) is 0 Å². The molecule has 3 aliphatic rings. The number of aromatic amines is 1. The van der Waals surface area contributed by atoms with E-state index in [4.69, 9.17) is 0 Å². The van der Waals surface area contributed by atoms with E-state index in [9.17, 15) is 8.42 Å². The molecule has 0 saturated carbocycles. The van der Waals surface area contributed by atoms with E-state index >= 15 is 0 Å². The predicted octanol–water partition coefficient (Wildman–Crippen LogP) is 0.741. The second-order valence-corrected chi connectivity index (χ2v) is 8.00. The molecule has 2 atom stereocenters. The van der Waals surface area contributed by atoms with Crippen molar-refractivity contribution in [2.45, 2.75) is 37.6 Å². The first kappa shape index (κ1) is 14.0. The van der Waals surface area contributed by atoms with Gasteiger partial charge in [-0.15, -0.1) is 0 Å². The third-order valence-corrected chi connectivity index (χ3v) is 6.71. The van der Waals surface area contributed by atoms with Crippen LogP contribution < -0.4 is 0 Å². The Kier molecular flexibility index (Phi) is 3.38. The standard InChI is InChI=1S/C13H22N4O2S/c1-9-13(10(2)15-14-9)20(18,19)17-7-11-4-5-12(8-17)16(3)6-11/h11-12H,4-8H2,1-3H3,(H,14,15)/t11-,12-/m0/s1. The molecule has 4 rings (SSSR count). The van der Waals surface area contributed by atoms with Crippen LogP contribution in [-0.4, -0.2) is 60.5 Å². The summed E-state index contributed by atoms with van der Waals surface area (Å²) in [5.74, 6) is 0.445. The molecule has 3 fully saturated rings. The number of sulfonamides is 1. The van der Waals surface area contributed by atoms with Crippen molar-refractivity contribution in [3.63, 3.8) is 0 Å². The molecule has 7 heteroatoms. The number of piperidine rings is 1. The van der Waals surface area contributed by atoms with Gasteiger partial charge in [0.25, 0.3) is 0 Å². The van der Waals surface area contributed by atoms with Gasteiger partial charge >= 0.3 is 0 Å². The van der Waals surface area contributed by atoms with Crippen LogP contribution in [0, 0.1) is 19.8 Å². The van der Waals surface area contributed by atoms with Crippen LogP contribution in [0.1, 0.15) is 24.2 Å². The number of nitrogens with one attached hydrogen (secondary N) is 1. The molecule has 4 heterocycles. The molecule has 1 N–H and O–H groups in total. The fraction of sp³-hybridized carbons (Fsp3) is 0.769. The van der Waals surface area contributed by atoms with E-state index in [1.807, 2.05) is 0 Å². The monoisotopic (exact) mass is 298 g/mol. The quantitative estimate of drug-likeness (QED) is 0.874. The summed E-state index contributed by atoms with van der Waals surface area (Å²) in [4.78, 5) is 2.67. The maximum Gasteiger partial charge on any atom is 0.246 e. The van der Waals surface area contributed by atoms with Gasteiger partial charge < -0.3 is 4.90 Å². The van der Waals surface area contributed by atoms with Gasteiger partial charge in [-0.05, 0) is 39.7 Å². The van der Waals surface area contributed by atoms with E-state index in [-0.39, 0.29) is 0 Å². The Morgan fingerprint density at radius 2 is 1.95 bits per heavy atom. The van der Waals surface area contributed by atoms with Gasteiger partial charge in [-0.25, -0.2) is 8.42 Å². The summed E-state index contributed by atoms with van der Waals surface area (Å²) in [6, 6.07) is 0.344. The maximum absolute atomic E-state index is 12.9. The molecule has 0 amide bonds. The predicted molar refractivity (Wildman–Crippen MR) is 76.0 cm³/mol. The molecular formula is C13H22N4O2S. The molecule has 20 heavy (non-hydrogen) atoms. The Bertz CT molecular complexity index is 590. The van der Waals surface area contributed by atoms with Crippen LogP contribution in [0.5, 0.6) is 0 Å². The zero-order chi connectivity index (χ0) is 14.5. The lowest BCUT2D eigenvalue weighted by Gasteiger charge is -2.32. The molecule has 3 saturated heterocycles. The highest BCUT2D eigenvalue weighted by Crippen LogP contribution is 2.31. The molecule has 1 aromatic heterocycles. The number of nitrogens with zero attached hydrogens (tertiary/aromatic N) is 3. The lowest BCUT2D eigenvalue weighted by atomic mass is 9.96. The van der Waals surface area contributed by atoms with Crippen LogP contribution in [0.25, 0.3) is 0 Å². The van der Waals surface area contributed by atoms with Crippen molar-refractivity contribution in [2.75, 3.05) is 26.7 Å². The molecular weight excluding hydrogens is 276 g/mol. The van der Waals surface area contributed by atoms with E-state index in [1.54, 1.807) is 18.2 Å². The van der Waals surface area contributed by atoms with Crippen molar-refractivity contribution < 1.29 is 8.42 Å². The lowest BCUT2D eigenvalue weighted by Crippen LogP contribution is -2.42. The number of aryl methyl sites for hydroxylation is 2. The van der Waals surface area contributed by atoms with Crippen LogP contribution in [-0.2, 0) is 10.0 Å². The number of rotatable bonds is 2. The Morgan fingerprint density at radius 3 is 2.55 bits per heavy atom. The molecule has 6 nitrogen and oxygen atoms in total. The zero-order valence-electron chi connectivity index (χ0n) is 12.3. The smallest absolute Gasteiger partial charge is 0.246 e. The summed E-state index contributed by atoms with van der Waals surface area (Å²) in [6.45, 7) is 5.74. The minimum absolute atomic E-state index is 0.344. The highest BCUT2D eigenvalue weighted by atomic mass is 32.2. The van der Waals surface area contributed by atoms with E-state index in [2.05, 4.69) is 22.1 Å². The average Bonchev–Trinajstić information content (AvgIpc) is 2.56. The van der Waals surface area contributed by atoms with Gasteiger partial charge in [0.05, 0.1) is 11.4 Å². The van der Waals surface area contributed by atoms with E-state index in [0.717, 1.165) is 19.4 Å². The zero-order valence-corrected chi connectivity index (χ0v) is 13.1. The van der Waals surface area contributed by atoms with Gasteiger partial charge in [0.2, 0.25) is 10.0 Å². The number of H-pyrrole nitrogens is 1. The molecule has 1 aromatic rings. The number of fused-ring (bicyclic) bond motifs is 4. The normalized spacial score (nSPS) is 28.8. The van der Waals surface area contributed by atoms with Crippen LogP contribution in [0.3, 0.4) is 0 Å². The second-order valence-electron chi connectivity index (χ2n) is 6.12. The summed E-state index contributed by atoms with van der Waals surface area (Å²) in [6.07, 6.45) is 2.22. The van der Waals surface area contributed by atoms with Crippen molar-refractivity contribution in [1.82, 2.24) is 19.4 Å². The van der Waals surface area contributed by atoms with Gasteiger partial charge in [0.15, 0.2) is 0 Å². The van der Waals surface area contributed by atoms with E-state index < -0.39 is 10.0 Å². The van der Waals surface area contributed by atoms with Gasteiger partial charge in [-0.2, -0.15) is 9.40 Å². The summed E-state index contributed by atoms with van der Waals surface area (Å²) in [7, 11) is -1.34. The summed E-state index contributed by atoms with van der Waals surface area (Å²) in [5, 5.41) is 6.81. The lowest BCUT2D eigenvalue weighted by molar-refractivity contribution is 0.168. The number of likely N-dealkylation sites (N-methyl/N-ethyl adjacent to an activating group) is 1. The molecule has 112 valence electrons. The van der Waals surface area contributed by atoms with Gasteiger partial charge in [0.1, 0.15) is 4.90 Å². The molecule has 0 radical (unpaired) electrons. The number of hydrogen-bond acceptors (Lipinski definition) is 4. The highest BCUT2D eigenvalue weighted by molar-refractivity contribution is 7.89. The molecule has 3 aliphatic heterocycles. The maximum atomic E-state index is 12.9. The minimum Gasteiger partial charge on any atom is -0.302 e. The largest absolute Gasteiger partial charge is 0.302 e. The Labute approximate surface area is 120 Å².